The van der Waals surface area contributed by atoms with E-state index in [0.717, 1.165) is 83.5 Å². The first-order valence-electron chi connectivity index (χ1n) is 45.6. The van der Waals surface area contributed by atoms with Gasteiger partial charge in [-0.3, -0.25) is 0 Å². The summed E-state index contributed by atoms with van der Waals surface area (Å²) in [5.74, 6) is 2.50. The molecule has 4 heteroatoms. The number of fused-ring (bicyclic) bond motifs is 10. The van der Waals surface area contributed by atoms with Gasteiger partial charge < -0.3 is 18.8 Å². The van der Waals surface area contributed by atoms with Crippen molar-refractivity contribution >= 4 is 82.1 Å². The van der Waals surface area contributed by atoms with E-state index in [0.29, 0.717) is 5.92 Å². The minimum Gasteiger partial charge on any atom is -0.493 e. The first-order valence-corrected chi connectivity index (χ1v) is 45.6. The van der Waals surface area contributed by atoms with E-state index in [-0.39, 0.29) is 5.41 Å². The third-order valence-electron chi connectivity index (χ3n) is 25.5. The molecule has 4 nitrogen and oxygen atoms in total. The number of rotatable bonds is 39. The van der Waals surface area contributed by atoms with E-state index in [9.17, 15) is 0 Å². The summed E-state index contributed by atoms with van der Waals surface area (Å²) in [6, 6.07) is 89.7. The number of furan rings is 1. The molecule has 0 radical (unpaired) electrons. The predicted molar refractivity (Wildman–Crippen MR) is 507 cm³/mol. The van der Waals surface area contributed by atoms with Crippen LogP contribution in [0.2, 0.25) is 0 Å². The van der Waals surface area contributed by atoms with Crippen LogP contribution in [0.15, 0.2) is 247 Å². The fourth-order valence-electron chi connectivity index (χ4n) is 18.5. The lowest BCUT2D eigenvalue weighted by Crippen LogP contribution is -2.25. The molecule has 14 aromatic rings. The van der Waals surface area contributed by atoms with Crippen LogP contribution in [-0.2, 0) is 18.3 Å². The van der Waals surface area contributed by atoms with Crippen LogP contribution in [0.3, 0.4) is 0 Å². The monoisotopic (exact) mass is 1550 g/mol. The first kappa shape index (κ1) is 85.0. The Hall–Kier alpha value is -9.90. The van der Waals surface area contributed by atoms with Crippen molar-refractivity contribution in [3.05, 3.63) is 304 Å². The molecule has 15 rings (SSSR count). The highest BCUT2D eigenvalue weighted by atomic mass is 16.5. The maximum absolute atomic E-state index is 6.39. The van der Waals surface area contributed by atoms with Crippen LogP contribution in [0.25, 0.3) is 76.2 Å². The SMILES string of the molecule is CCC(C)c1ccc(N(c2ccc(C)cc2)c2ccc(C)cc2)cc1.CCCCCCCCC1(CCCCCCCC)c2cc(C)ccc2-c2ccc(C)cc21.Cc1cc2oc3cc(C)c(OCCCCCCCCc4c5ccccc5cc5ccccc45)cc3c2cc1OCCCCCCCCc1c2ccccc2cc2ccccc12. The van der Waals surface area contributed by atoms with Crippen LogP contribution in [0.1, 0.15) is 268 Å². The van der Waals surface area contributed by atoms with Gasteiger partial charge in [-0.2, -0.15) is 0 Å². The maximum atomic E-state index is 6.39. The molecule has 0 saturated carbocycles. The standard InChI is InChI=1S/C58H60O3.C31H46.C24H27N/c1-41-35-57-53(39-55(41)59-33-21-9-5-3-7-11-31-51-47-27-17-13-23-43(47)37-44-24-14-18-28-48(44)51)54-40-56(42(2)36-58(54)61-57)60-34-22-10-6-4-8-12-32-52-49-29-19-15-25-45(49)38-46-26-16-20-30-50(46)52;1-5-7-9-11-13-15-21-31(22-16-14-12-10-8-6-2)29-23-25(3)17-19-27(29)28-20-18-26(4)24-30(28)31;1-5-20(4)21-10-16-24(17-11-21)25(22-12-6-18(2)7-13-22)23-14-8-19(3)9-15-23/h13-20,23-30,35-40H,3-12,21-22,31-34H2,1-2H3;17-20,23-24H,5-16,21-22H2,1-4H3;6-17,20H,5H2,1-4H3. The number of aryl methyl sites for hydroxylation is 8. The number of benzene rings is 13. The Morgan fingerprint density at radius 1 is 0.316 bits per heavy atom. The second-order valence-corrected chi connectivity index (χ2v) is 34.5. The van der Waals surface area contributed by atoms with Gasteiger partial charge in [-0.1, -0.05) is 348 Å². The summed E-state index contributed by atoms with van der Waals surface area (Å²) in [5.41, 5.74) is 23.9. The van der Waals surface area contributed by atoms with E-state index in [4.69, 9.17) is 13.9 Å². The third-order valence-corrected chi connectivity index (χ3v) is 25.5. The summed E-state index contributed by atoms with van der Waals surface area (Å²) in [4.78, 5) is 2.32. The van der Waals surface area contributed by atoms with Crippen molar-refractivity contribution in [1.29, 1.82) is 0 Å². The van der Waals surface area contributed by atoms with Gasteiger partial charge in [0.05, 0.1) is 13.2 Å². The molecule has 1 atom stereocenters. The van der Waals surface area contributed by atoms with Crippen LogP contribution in [0.4, 0.5) is 17.1 Å². The summed E-state index contributed by atoms with van der Waals surface area (Å²) in [6.07, 6.45) is 37.2. The van der Waals surface area contributed by atoms with Gasteiger partial charge in [0, 0.05) is 33.2 Å². The Kier molecular flexibility index (Phi) is 30.9. The summed E-state index contributed by atoms with van der Waals surface area (Å²) in [6.45, 7) is 23.7. The summed E-state index contributed by atoms with van der Waals surface area (Å²) < 4.78 is 19.1. The number of hydrogen-bond acceptors (Lipinski definition) is 4. The van der Waals surface area contributed by atoms with E-state index >= 15 is 0 Å². The van der Waals surface area contributed by atoms with Crippen LogP contribution in [0, 0.1) is 41.5 Å². The van der Waals surface area contributed by atoms with Crippen molar-refractivity contribution < 1.29 is 13.9 Å². The van der Waals surface area contributed by atoms with Gasteiger partial charge >= 0.3 is 0 Å². The zero-order chi connectivity index (χ0) is 81.3. The summed E-state index contributed by atoms with van der Waals surface area (Å²) in [5, 5.41) is 13.2. The van der Waals surface area contributed by atoms with Crippen LogP contribution < -0.4 is 14.4 Å². The van der Waals surface area contributed by atoms with Crippen molar-refractivity contribution in [3.8, 4) is 22.6 Å². The average molecular weight is 1550 g/mol. The zero-order valence-electron chi connectivity index (χ0n) is 72.8. The molecule has 0 amide bonds. The Bertz CT molecular complexity index is 5060. The number of unbranched alkanes of at least 4 members (excludes halogenated alkanes) is 20. The number of anilines is 3. The highest BCUT2D eigenvalue weighted by molar-refractivity contribution is 6.07. The lowest BCUT2D eigenvalue weighted by atomic mass is 9.70. The van der Waals surface area contributed by atoms with E-state index < -0.39 is 0 Å². The van der Waals surface area contributed by atoms with Crippen molar-refractivity contribution in [3.63, 3.8) is 0 Å². The van der Waals surface area contributed by atoms with Crippen molar-refractivity contribution in [1.82, 2.24) is 0 Å². The minimum atomic E-state index is 0.234. The smallest absolute Gasteiger partial charge is 0.135 e. The van der Waals surface area contributed by atoms with E-state index in [1.165, 1.54) is 271 Å². The van der Waals surface area contributed by atoms with Crippen LogP contribution in [-0.4, -0.2) is 13.2 Å². The maximum Gasteiger partial charge on any atom is 0.135 e. The zero-order valence-corrected chi connectivity index (χ0v) is 72.8. The molecular formula is C113H133NO3. The highest BCUT2D eigenvalue weighted by Gasteiger charge is 2.42. The third kappa shape index (κ3) is 21.7. The van der Waals surface area contributed by atoms with E-state index in [1.54, 1.807) is 11.1 Å². The summed E-state index contributed by atoms with van der Waals surface area (Å²) in [7, 11) is 0. The highest BCUT2D eigenvalue weighted by Crippen LogP contribution is 2.55. The first-order chi connectivity index (χ1) is 57.3. The van der Waals surface area contributed by atoms with Crippen LogP contribution in [0.5, 0.6) is 11.5 Å². The lowest BCUT2D eigenvalue weighted by Gasteiger charge is -2.33. The minimum absolute atomic E-state index is 0.234. The Balaban J connectivity index is 0.000000176. The molecule has 0 bridgehead atoms. The molecule has 0 saturated heterocycles. The fraction of sp³-hybridized carbons (Fsp3) is 0.381. The van der Waals surface area contributed by atoms with Crippen molar-refractivity contribution in [2.45, 2.75) is 267 Å². The Labute approximate surface area is 702 Å². The molecule has 1 aliphatic carbocycles. The van der Waals surface area contributed by atoms with E-state index in [2.05, 4.69) is 317 Å². The van der Waals surface area contributed by atoms with Gasteiger partial charge in [0.2, 0.25) is 0 Å². The molecule has 117 heavy (non-hydrogen) atoms. The molecule has 0 fully saturated rings. The fourth-order valence-corrected chi connectivity index (χ4v) is 18.5. The van der Waals surface area contributed by atoms with Gasteiger partial charge in [-0.25, -0.2) is 0 Å². The van der Waals surface area contributed by atoms with Gasteiger partial charge in [-0.15, -0.1) is 0 Å². The lowest BCUT2D eigenvalue weighted by molar-refractivity contribution is 0.302. The quantitative estimate of drug-likeness (QED) is 0.0284. The van der Waals surface area contributed by atoms with Crippen molar-refractivity contribution in [2.75, 3.05) is 18.1 Å². The molecule has 1 aromatic heterocycles. The van der Waals surface area contributed by atoms with Crippen LogP contribution >= 0.6 is 0 Å². The Morgan fingerprint density at radius 3 is 1.03 bits per heavy atom. The molecule has 1 unspecified atom stereocenters. The van der Waals surface area contributed by atoms with Gasteiger partial charge in [0.25, 0.3) is 0 Å². The van der Waals surface area contributed by atoms with Crippen molar-refractivity contribution in [2.24, 2.45) is 0 Å². The molecule has 0 N–H and O–H groups in total. The molecule has 13 aromatic carbocycles. The second kappa shape index (κ2) is 42.5. The normalized spacial score (nSPS) is 12.4. The topological polar surface area (TPSA) is 34.8 Å². The Morgan fingerprint density at radius 2 is 0.650 bits per heavy atom. The van der Waals surface area contributed by atoms with Gasteiger partial charge in [0.15, 0.2) is 0 Å². The number of hydrogen-bond donors (Lipinski definition) is 0. The molecule has 608 valence electrons. The second-order valence-electron chi connectivity index (χ2n) is 34.5. The molecule has 1 aliphatic rings. The largest absolute Gasteiger partial charge is 0.493 e. The number of nitrogens with zero attached hydrogens (tertiary/aromatic N) is 1. The average Bonchev–Trinajstić information content (AvgIpc) is 1.56. The molecule has 0 aliphatic heterocycles. The molecule has 0 spiro atoms. The van der Waals surface area contributed by atoms with Gasteiger partial charge in [-0.05, 0) is 271 Å². The summed E-state index contributed by atoms with van der Waals surface area (Å²) >= 11 is 0. The molecule has 1 heterocycles. The van der Waals surface area contributed by atoms with Gasteiger partial charge in [0.1, 0.15) is 22.7 Å². The number of ether oxygens (including phenoxy) is 2. The van der Waals surface area contributed by atoms with E-state index in [1.807, 2.05) is 0 Å². The predicted octanol–water partition coefficient (Wildman–Crippen LogP) is 34.1. The molecular weight excluding hydrogens is 1420 g/mol.